The molecule has 21 heavy (non-hydrogen) atoms. The molecule has 3 radical (unpaired) electrons. The molecule has 0 saturated carbocycles. The smallest absolute Gasteiger partial charge is 0.350 e. The molecule has 0 aliphatic rings. The van der Waals surface area contributed by atoms with E-state index in [4.69, 9.17) is 9.47 Å². The van der Waals surface area contributed by atoms with Gasteiger partial charge in [-0.25, -0.2) is 4.79 Å². The Balaban J connectivity index is 1.90. The SMILES string of the molecule is O=C(O[Si])C(OCc1ccccc1)OCc1ccccc1. The Kier molecular flexibility index (Phi) is 6.14. The molecule has 0 aromatic heterocycles. The van der Waals surface area contributed by atoms with Crippen LogP contribution in [-0.4, -0.2) is 22.7 Å². The van der Waals surface area contributed by atoms with Crippen LogP contribution in [-0.2, 0) is 31.9 Å². The minimum Gasteiger partial charge on any atom is -0.512 e. The molecular weight excluding hydrogens is 284 g/mol. The van der Waals surface area contributed by atoms with Crippen molar-refractivity contribution in [1.29, 1.82) is 0 Å². The van der Waals surface area contributed by atoms with Crippen LogP contribution in [0.4, 0.5) is 0 Å². The summed E-state index contributed by atoms with van der Waals surface area (Å²) in [6.07, 6.45) is -1.08. The highest BCUT2D eigenvalue weighted by Gasteiger charge is 2.20. The highest BCUT2D eigenvalue weighted by Crippen LogP contribution is 2.09. The molecule has 0 bridgehead atoms. The molecule has 2 aromatic rings. The second-order valence-electron chi connectivity index (χ2n) is 4.35. The third kappa shape index (κ3) is 5.15. The van der Waals surface area contributed by atoms with Crippen LogP contribution in [0.5, 0.6) is 0 Å². The van der Waals surface area contributed by atoms with E-state index >= 15 is 0 Å². The number of rotatable bonds is 7. The van der Waals surface area contributed by atoms with Crippen LogP contribution < -0.4 is 0 Å². The van der Waals surface area contributed by atoms with Crippen molar-refractivity contribution in [2.45, 2.75) is 19.5 Å². The maximum atomic E-state index is 11.6. The van der Waals surface area contributed by atoms with Gasteiger partial charge in [-0.15, -0.1) is 0 Å². The quantitative estimate of drug-likeness (QED) is 0.581. The van der Waals surface area contributed by atoms with Crippen molar-refractivity contribution in [2.75, 3.05) is 0 Å². The topological polar surface area (TPSA) is 44.8 Å². The van der Waals surface area contributed by atoms with Gasteiger partial charge in [0, 0.05) is 0 Å². The lowest BCUT2D eigenvalue weighted by Gasteiger charge is -2.16. The summed E-state index contributed by atoms with van der Waals surface area (Å²) in [6.45, 7) is 0.531. The highest BCUT2D eigenvalue weighted by molar-refractivity contribution is 6.05. The van der Waals surface area contributed by atoms with E-state index in [2.05, 4.69) is 14.9 Å². The first kappa shape index (κ1) is 15.4. The third-order valence-electron chi connectivity index (χ3n) is 2.78. The predicted octanol–water partition coefficient (Wildman–Crippen LogP) is 2.37. The molecule has 0 saturated heterocycles. The second-order valence-corrected chi connectivity index (χ2v) is 4.55. The minimum atomic E-state index is -1.08. The molecule has 0 heterocycles. The predicted molar refractivity (Wildman–Crippen MR) is 78.1 cm³/mol. The summed E-state index contributed by atoms with van der Waals surface area (Å²) >= 11 is 0. The van der Waals surface area contributed by atoms with Gasteiger partial charge in [0.15, 0.2) is 0 Å². The Hall–Kier alpha value is -1.95. The summed E-state index contributed by atoms with van der Waals surface area (Å²) in [5.41, 5.74) is 1.90. The largest absolute Gasteiger partial charge is 0.512 e. The summed E-state index contributed by atoms with van der Waals surface area (Å²) in [7, 11) is 2.71. The molecule has 0 spiro atoms. The zero-order valence-corrected chi connectivity index (χ0v) is 12.4. The highest BCUT2D eigenvalue weighted by atomic mass is 28.2. The lowest BCUT2D eigenvalue weighted by molar-refractivity contribution is -0.192. The molecule has 0 unspecified atom stereocenters. The molecule has 0 fully saturated rings. The Morgan fingerprint density at radius 2 is 1.29 bits per heavy atom. The van der Waals surface area contributed by atoms with Crippen molar-refractivity contribution in [3.63, 3.8) is 0 Å². The van der Waals surface area contributed by atoms with E-state index in [9.17, 15) is 4.79 Å². The van der Waals surface area contributed by atoms with Gasteiger partial charge in [-0.2, -0.15) is 0 Å². The molecule has 0 amide bonds. The van der Waals surface area contributed by atoms with E-state index in [1.54, 1.807) is 0 Å². The summed E-state index contributed by atoms with van der Waals surface area (Å²) in [4.78, 5) is 11.6. The summed E-state index contributed by atoms with van der Waals surface area (Å²) < 4.78 is 15.5. The Morgan fingerprint density at radius 1 is 0.857 bits per heavy atom. The molecule has 5 heteroatoms. The van der Waals surface area contributed by atoms with Gasteiger partial charge in [0.1, 0.15) is 0 Å². The summed E-state index contributed by atoms with van der Waals surface area (Å²) in [5, 5.41) is 0. The van der Waals surface area contributed by atoms with Crippen molar-refractivity contribution in [1.82, 2.24) is 0 Å². The number of hydrogen-bond donors (Lipinski definition) is 0. The van der Waals surface area contributed by atoms with Crippen LogP contribution in [0, 0.1) is 0 Å². The van der Waals surface area contributed by atoms with Gasteiger partial charge < -0.3 is 13.9 Å². The molecule has 2 aromatic carbocycles. The van der Waals surface area contributed by atoms with Crippen LogP contribution in [0.25, 0.3) is 0 Å². The van der Waals surface area contributed by atoms with Crippen molar-refractivity contribution in [3.05, 3.63) is 71.8 Å². The van der Waals surface area contributed by atoms with Gasteiger partial charge in [0.25, 0.3) is 6.29 Å². The number of benzene rings is 2. The van der Waals surface area contributed by atoms with Gasteiger partial charge >= 0.3 is 16.5 Å². The molecule has 2 rings (SSSR count). The maximum Gasteiger partial charge on any atom is 0.350 e. The molecule has 4 nitrogen and oxygen atoms in total. The standard InChI is InChI=1S/C16H15O4Si/c17-15(20-21)16(18-11-13-7-3-1-4-8-13)19-12-14-9-5-2-6-10-14/h1-10,16H,11-12H2. The second kappa shape index (κ2) is 8.36. The van der Waals surface area contributed by atoms with E-state index in [-0.39, 0.29) is 13.2 Å². The van der Waals surface area contributed by atoms with Gasteiger partial charge in [-0.3, -0.25) is 0 Å². The fourth-order valence-electron chi connectivity index (χ4n) is 1.72. The molecule has 0 aliphatic carbocycles. The number of carbonyl (C=O) groups is 1. The summed E-state index contributed by atoms with van der Waals surface area (Å²) in [6, 6.07) is 19.1. The zero-order chi connectivity index (χ0) is 14.9. The van der Waals surface area contributed by atoms with E-state index in [1.165, 1.54) is 0 Å². The Bertz CT molecular complexity index is 501. The third-order valence-corrected chi connectivity index (χ3v) is 2.98. The molecular formula is C16H15O4Si. The van der Waals surface area contributed by atoms with Crippen molar-refractivity contribution < 1.29 is 18.7 Å². The van der Waals surface area contributed by atoms with Crippen LogP contribution >= 0.6 is 0 Å². The van der Waals surface area contributed by atoms with Crippen molar-refractivity contribution in [2.24, 2.45) is 0 Å². The van der Waals surface area contributed by atoms with Gasteiger partial charge in [-0.05, 0) is 11.1 Å². The number of ether oxygens (including phenoxy) is 2. The zero-order valence-electron chi connectivity index (χ0n) is 11.4. The monoisotopic (exact) mass is 299 g/mol. The molecule has 0 atom stereocenters. The maximum absolute atomic E-state index is 11.6. The fraction of sp³-hybridized carbons (Fsp3) is 0.188. The van der Waals surface area contributed by atoms with Crippen LogP contribution in [0.1, 0.15) is 11.1 Å². The first-order chi connectivity index (χ1) is 10.3. The van der Waals surface area contributed by atoms with Crippen LogP contribution in [0.15, 0.2) is 60.7 Å². The summed E-state index contributed by atoms with van der Waals surface area (Å²) in [5.74, 6) is -0.626. The van der Waals surface area contributed by atoms with Gasteiger partial charge in [0.2, 0.25) is 0 Å². The minimum absolute atomic E-state index is 0.265. The van der Waals surface area contributed by atoms with Gasteiger partial charge in [0.05, 0.1) is 13.2 Å². The Labute approximate surface area is 127 Å². The van der Waals surface area contributed by atoms with E-state index in [1.807, 2.05) is 60.7 Å². The first-order valence-corrected chi connectivity index (χ1v) is 6.89. The van der Waals surface area contributed by atoms with E-state index in [0.29, 0.717) is 0 Å². The lowest BCUT2D eigenvalue weighted by Crippen LogP contribution is -2.28. The fourth-order valence-corrected chi connectivity index (χ4v) is 1.82. The van der Waals surface area contributed by atoms with Crippen molar-refractivity contribution in [3.8, 4) is 0 Å². The average molecular weight is 299 g/mol. The van der Waals surface area contributed by atoms with Crippen LogP contribution in [0.3, 0.4) is 0 Å². The normalized spacial score (nSPS) is 10.6. The van der Waals surface area contributed by atoms with Gasteiger partial charge in [-0.1, -0.05) is 60.7 Å². The first-order valence-electron chi connectivity index (χ1n) is 6.48. The Morgan fingerprint density at radius 3 is 1.67 bits per heavy atom. The number of hydrogen-bond acceptors (Lipinski definition) is 4. The lowest BCUT2D eigenvalue weighted by atomic mass is 10.2. The van der Waals surface area contributed by atoms with Crippen LogP contribution in [0.2, 0.25) is 0 Å². The van der Waals surface area contributed by atoms with E-state index in [0.717, 1.165) is 11.1 Å². The number of carbonyl (C=O) groups excluding carboxylic acids is 1. The molecule has 107 valence electrons. The molecule has 0 aliphatic heterocycles. The average Bonchev–Trinajstić information content (AvgIpc) is 2.56. The van der Waals surface area contributed by atoms with Crippen molar-refractivity contribution >= 4 is 16.5 Å². The molecule has 0 N–H and O–H groups in total. The van der Waals surface area contributed by atoms with E-state index < -0.39 is 12.3 Å².